The van der Waals surface area contributed by atoms with Crippen LogP contribution in [0.1, 0.15) is 23.2 Å². The van der Waals surface area contributed by atoms with Gasteiger partial charge in [0.2, 0.25) is 0 Å². The number of hydrogen-bond acceptors (Lipinski definition) is 4. The number of carbonyl (C=O) groups is 1. The number of nitrogens with zero attached hydrogens (tertiary/aromatic N) is 1. The lowest BCUT2D eigenvalue weighted by molar-refractivity contribution is 0.0401. The topological polar surface area (TPSA) is 29.5 Å². The van der Waals surface area contributed by atoms with Gasteiger partial charge in [-0.15, -0.1) is 11.8 Å². The van der Waals surface area contributed by atoms with Gasteiger partial charge in [-0.05, 0) is 31.2 Å². The van der Waals surface area contributed by atoms with Gasteiger partial charge in [-0.1, -0.05) is 12.1 Å². The monoisotopic (exact) mass is 279 g/mol. The van der Waals surface area contributed by atoms with E-state index in [9.17, 15) is 4.79 Å². The van der Waals surface area contributed by atoms with Crippen molar-refractivity contribution in [1.29, 1.82) is 0 Å². The Morgan fingerprint density at radius 2 is 1.95 bits per heavy atom. The zero-order valence-electron chi connectivity index (χ0n) is 11.6. The molecule has 1 aliphatic heterocycles. The zero-order valence-corrected chi connectivity index (χ0v) is 12.4. The predicted octanol–water partition coefficient (Wildman–Crippen LogP) is 2.70. The summed E-state index contributed by atoms with van der Waals surface area (Å²) in [6.07, 6.45) is 4.45. The number of ether oxygens (including phenoxy) is 1. The van der Waals surface area contributed by atoms with Crippen molar-refractivity contribution in [2.24, 2.45) is 0 Å². The summed E-state index contributed by atoms with van der Waals surface area (Å²) in [6, 6.07) is 7.87. The number of thioether (sulfide) groups is 1. The summed E-state index contributed by atoms with van der Waals surface area (Å²) in [4.78, 5) is 15.6. The quantitative estimate of drug-likeness (QED) is 0.612. The Balaban J connectivity index is 1.87. The third-order valence-electron chi connectivity index (χ3n) is 3.65. The maximum atomic E-state index is 12.2. The van der Waals surface area contributed by atoms with E-state index >= 15 is 0 Å². The van der Waals surface area contributed by atoms with E-state index in [0.29, 0.717) is 12.6 Å². The van der Waals surface area contributed by atoms with Crippen molar-refractivity contribution >= 4 is 17.5 Å². The largest absolute Gasteiger partial charge is 0.381 e. The molecule has 0 atom stereocenters. The fraction of sp³-hybridized carbons (Fsp3) is 0.533. The van der Waals surface area contributed by atoms with Gasteiger partial charge in [0.1, 0.15) is 0 Å². The van der Waals surface area contributed by atoms with Crippen LogP contribution in [-0.4, -0.2) is 49.8 Å². The van der Waals surface area contributed by atoms with Gasteiger partial charge in [-0.3, -0.25) is 9.69 Å². The number of benzene rings is 1. The molecule has 0 aliphatic carbocycles. The minimum atomic E-state index is 0.212. The molecule has 0 aromatic heterocycles. The number of rotatable bonds is 5. The molecule has 0 radical (unpaired) electrons. The molecule has 1 fully saturated rings. The standard InChI is InChI=1S/C15H21NO2S/c1-18-13-7-9-16(10-8-13)11-15(17)12-3-5-14(19-2)6-4-12/h3-6,13H,7-11H2,1-2H3. The second kappa shape index (κ2) is 7.08. The molecule has 0 unspecified atom stereocenters. The van der Waals surface area contributed by atoms with Crippen molar-refractivity contribution in [1.82, 2.24) is 4.90 Å². The summed E-state index contributed by atoms with van der Waals surface area (Å²) in [5.41, 5.74) is 0.812. The van der Waals surface area contributed by atoms with E-state index in [1.807, 2.05) is 30.5 Å². The highest BCUT2D eigenvalue weighted by atomic mass is 32.2. The van der Waals surface area contributed by atoms with Crippen LogP contribution in [0.3, 0.4) is 0 Å². The van der Waals surface area contributed by atoms with Crippen LogP contribution >= 0.6 is 11.8 Å². The highest BCUT2D eigenvalue weighted by Gasteiger charge is 2.20. The molecule has 0 amide bonds. The van der Waals surface area contributed by atoms with Crippen LogP contribution in [0.5, 0.6) is 0 Å². The lowest BCUT2D eigenvalue weighted by Gasteiger charge is -2.30. The maximum absolute atomic E-state index is 12.2. The molecular formula is C15H21NO2S. The minimum absolute atomic E-state index is 0.212. The summed E-state index contributed by atoms with van der Waals surface area (Å²) in [7, 11) is 1.76. The van der Waals surface area contributed by atoms with E-state index in [1.54, 1.807) is 18.9 Å². The Morgan fingerprint density at radius 3 is 2.47 bits per heavy atom. The van der Waals surface area contributed by atoms with Crippen LogP contribution in [0, 0.1) is 0 Å². The predicted molar refractivity (Wildman–Crippen MR) is 79.0 cm³/mol. The molecule has 0 N–H and O–H groups in total. The molecule has 2 rings (SSSR count). The number of carbonyl (C=O) groups excluding carboxylic acids is 1. The van der Waals surface area contributed by atoms with Gasteiger partial charge in [-0.25, -0.2) is 0 Å². The van der Waals surface area contributed by atoms with Crippen molar-refractivity contribution < 1.29 is 9.53 Å². The smallest absolute Gasteiger partial charge is 0.176 e. The molecule has 1 aromatic carbocycles. The van der Waals surface area contributed by atoms with Crippen LogP contribution in [-0.2, 0) is 4.74 Å². The Bertz CT molecular complexity index is 411. The Kier molecular flexibility index (Phi) is 5.43. The van der Waals surface area contributed by atoms with Crippen LogP contribution in [0.2, 0.25) is 0 Å². The van der Waals surface area contributed by atoms with E-state index in [1.165, 1.54) is 4.90 Å². The van der Waals surface area contributed by atoms with Gasteiger partial charge in [0.25, 0.3) is 0 Å². The normalized spacial score (nSPS) is 17.6. The van der Waals surface area contributed by atoms with Gasteiger partial charge in [0, 0.05) is 30.7 Å². The summed E-state index contributed by atoms with van der Waals surface area (Å²) in [6.45, 7) is 2.43. The van der Waals surface area contributed by atoms with E-state index in [2.05, 4.69) is 4.90 Å². The number of methoxy groups -OCH3 is 1. The molecular weight excluding hydrogens is 258 g/mol. The molecule has 0 saturated carbocycles. The van der Waals surface area contributed by atoms with Crippen LogP contribution in [0.15, 0.2) is 29.2 Å². The molecule has 1 aromatic rings. The van der Waals surface area contributed by atoms with Crippen molar-refractivity contribution in [3.8, 4) is 0 Å². The van der Waals surface area contributed by atoms with Crippen molar-refractivity contribution in [2.45, 2.75) is 23.8 Å². The first-order valence-corrected chi connectivity index (χ1v) is 7.88. The van der Waals surface area contributed by atoms with E-state index in [-0.39, 0.29) is 5.78 Å². The van der Waals surface area contributed by atoms with Crippen LogP contribution < -0.4 is 0 Å². The highest BCUT2D eigenvalue weighted by molar-refractivity contribution is 7.98. The summed E-state index contributed by atoms with van der Waals surface area (Å²) in [5.74, 6) is 0.212. The van der Waals surface area contributed by atoms with Crippen molar-refractivity contribution in [3.63, 3.8) is 0 Å². The third kappa shape index (κ3) is 4.06. The first-order chi connectivity index (χ1) is 9.22. The molecule has 3 nitrogen and oxygen atoms in total. The number of piperidine rings is 1. The van der Waals surface area contributed by atoms with Gasteiger partial charge < -0.3 is 4.74 Å². The molecule has 1 saturated heterocycles. The average molecular weight is 279 g/mol. The molecule has 4 heteroatoms. The summed E-state index contributed by atoms with van der Waals surface area (Å²) < 4.78 is 5.34. The lowest BCUT2D eigenvalue weighted by atomic mass is 10.1. The fourth-order valence-electron chi connectivity index (χ4n) is 2.37. The highest BCUT2D eigenvalue weighted by Crippen LogP contribution is 2.16. The van der Waals surface area contributed by atoms with Crippen molar-refractivity contribution in [2.75, 3.05) is 33.0 Å². The molecule has 1 heterocycles. The Hall–Kier alpha value is -0.840. The first-order valence-electron chi connectivity index (χ1n) is 6.65. The average Bonchev–Trinajstić information content (AvgIpc) is 2.48. The van der Waals surface area contributed by atoms with Crippen LogP contribution in [0.25, 0.3) is 0 Å². The molecule has 104 valence electrons. The zero-order chi connectivity index (χ0) is 13.7. The van der Waals surface area contributed by atoms with Crippen LogP contribution in [0.4, 0.5) is 0 Å². The van der Waals surface area contributed by atoms with E-state index < -0.39 is 0 Å². The van der Waals surface area contributed by atoms with E-state index in [0.717, 1.165) is 31.5 Å². The van der Waals surface area contributed by atoms with Gasteiger partial charge in [-0.2, -0.15) is 0 Å². The molecule has 1 aliphatic rings. The minimum Gasteiger partial charge on any atom is -0.381 e. The van der Waals surface area contributed by atoms with Crippen molar-refractivity contribution in [3.05, 3.63) is 29.8 Å². The second-order valence-corrected chi connectivity index (χ2v) is 5.74. The molecule has 19 heavy (non-hydrogen) atoms. The lowest BCUT2D eigenvalue weighted by Crippen LogP contribution is -2.39. The Labute approximate surface area is 119 Å². The molecule has 0 bridgehead atoms. The SMILES string of the molecule is COC1CCN(CC(=O)c2ccc(SC)cc2)CC1. The summed E-state index contributed by atoms with van der Waals surface area (Å²) >= 11 is 1.69. The molecule has 0 spiro atoms. The van der Waals surface area contributed by atoms with Gasteiger partial charge >= 0.3 is 0 Å². The fourth-order valence-corrected chi connectivity index (χ4v) is 2.78. The number of Topliss-reactive ketones (excluding diaryl/α,β-unsaturated/α-hetero) is 1. The number of hydrogen-bond donors (Lipinski definition) is 0. The van der Waals surface area contributed by atoms with Gasteiger partial charge in [0.05, 0.1) is 12.6 Å². The van der Waals surface area contributed by atoms with E-state index in [4.69, 9.17) is 4.74 Å². The van der Waals surface area contributed by atoms with Gasteiger partial charge in [0.15, 0.2) is 5.78 Å². The Morgan fingerprint density at radius 1 is 1.32 bits per heavy atom. The summed E-state index contributed by atoms with van der Waals surface area (Å²) in [5, 5.41) is 0. The third-order valence-corrected chi connectivity index (χ3v) is 4.39. The number of likely N-dealkylation sites (tertiary alicyclic amines) is 1. The maximum Gasteiger partial charge on any atom is 0.176 e. The number of ketones is 1. The first kappa shape index (κ1) is 14.6. The second-order valence-electron chi connectivity index (χ2n) is 4.86.